The molecule has 0 spiro atoms. The molecule has 0 saturated heterocycles. The molecule has 0 aromatic carbocycles. The first-order valence-corrected chi connectivity index (χ1v) is 6.06. The predicted octanol–water partition coefficient (Wildman–Crippen LogP) is -0.376. The Morgan fingerprint density at radius 3 is 2.21 bits per heavy atom. The number of nitrogens with one attached hydrogen (secondary N) is 3. The summed E-state index contributed by atoms with van der Waals surface area (Å²) in [5.74, 6) is -0.0231. The Kier molecular flexibility index (Phi) is 7.50. The summed E-state index contributed by atoms with van der Waals surface area (Å²) in [6.07, 6.45) is -0.392. The molecule has 6 N–H and O–H groups in total. The minimum Gasteiger partial charge on any atom is -0.371 e. The average molecular weight is 274 g/mol. The number of nitrogens with two attached hydrogens (primary N) is 1. The second kappa shape index (κ2) is 8.30. The molecule has 0 bridgehead atoms. The van der Waals surface area contributed by atoms with Gasteiger partial charge in [-0.2, -0.15) is 0 Å². The monoisotopic (exact) mass is 274 g/mol. The standard InChI is InChI=1S/C11H22N4O4/c1-6(2)4-5-8(16)14-11(19)13-7(3)9(17)15-10(12)18/h6-7,9,17H,4-5H2,1-3H3,(H3,12,15,18)(H2,13,14,16,19)/t7-,9?/m1/s1. The third-order valence-electron chi connectivity index (χ3n) is 2.32. The molecule has 8 nitrogen and oxygen atoms in total. The fourth-order valence-corrected chi connectivity index (χ4v) is 1.20. The minimum atomic E-state index is -1.32. The molecule has 0 aromatic heterocycles. The number of rotatable bonds is 6. The first-order valence-electron chi connectivity index (χ1n) is 6.06. The zero-order chi connectivity index (χ0) is 15.0. The summed E-state index contributed by atoms with van der Waals surface area (Å²) in [6.45, 7) is 5.40. The van der Waals surface area contributed by atoms with Crippen molar-refractivity contribution >= 4 is 18.0 Å². The third kappa shape index (κ3) is 8.83. The summed E-state index contributed by atoms with van der Waals surface area (Å²) in [5.41, 5.74) is 4.82. The van der Waals surface area contributed by atoms with Gasteiger partial charge in [0.1, 0.15) is 6.23 Å². The number of aliphatic hydroxyl groups is 1. The molecule has 0 fully saturated rings. The van der Waals surface area contributed by atoms with Gasteiger partial charge in [0.2, 0.25) is 5.91 Å². The van der Waals surface area contributed by atoms with Crippen molar-refractivity contribution in [3.63, 3.8) is 0 Å². The number of aliphatic hydroxyl groups excluding tert-OH is 1. The van der Waals surface area contributed by atoms with E-state index in [-0.39, 0.29) is 6.42 Å². The van der Waals surface area contributed by atoms with E-state index in [1.54, 1.807) is 0 Å². The van der Waals surface area contributed by atoms with Gasteiger partial charge in [-0.3, -0.25) is 10.1 Å². The highest BCUT2D eigenvalue weighted by Crippen LogP contribution is 2.02. The number of urea groups is 2. The van der Waals surface area contributed by atoms with Crippen molar-refractivity contribution in [2.45, 2.75) is 45.9 Å². The van der Waals surface area contributed by atoms with E-state index in [4.69, 9.17) is 5.73 Å². The van der Waals surface area contributed by atoms with Gasteiger partial charge in [-0.15, -0.1) is 0 Å². The summed E-state index contributed by atoms with van der Waals surface area (Å²) in [5, 5.41) is 15.9. The summed E-state index contributed by atoms with van der Waals surface area (Å²) < 4.78 is 0. The maximum atomic E-state index is 11.4. The van der Waals surface area contributed by atoms with Crippen LogP contribution in [-0.2, 0) is 4.79 Å². The number of primary amides is 1. The lowest BCUT2D eigenvalue weighted by molar-refractivity contribution is -0.120. The zero-order valence-corrected chi connectivity index (χ0v) is 11.4. The van der Waals surface area contributed by atoms with Crippen molar-refractivity contribution < 1.29 is 19.5 Å². The van der Waals surface area contributed by atoms with Crippen molar-refractivity contribution in [3.05, 3.63) is 0 Å². The molecule has 8 heteroatoms. The second-order valence-electron chi connectivity index (χ2n) is 4.70. The fraction of sp³-hybridized carbons (Fsp3) is 0.727. The Bertz CT molecular complexity index is 333. The smallest absolute Gasteiger partial charge is 0.321 e. The third-order valence-corrected chi connectivity index (χ3v) is 2.32. The molecule has 0 aromatic rings. The maximum Gasteiger partial charge on any atom is 0.321 e. The molecule has 0 aliphatic rings. The largest absolute Gasteiger partial charge is 0.371 e. The number of hydrogen-bond donors (Lipinski definition) is 5. The fourth-order valence-electron chi connectivity index (χ4n) is 1.20. The Labute approximate surface area is 112 Å². The molecule has 0 aliphatic carbocycles. The number of imide groups is 1. The van der Waals surface area contributed by atoms with Crippen molar-refractivity contribution in [1.29, 1.82) is 0 Å². The van der Waals surface area contributed by atoms with Crippen molar-refractivity contribution in [2.75, 3.05) is 0 Å². The van der Waals surface area contributed by atoms with Crippen LogP contribution in [0.25, 0.3) is 0 Å². The highest BCUT2D eigenvalue weighted by Gasteiger charge is 2.18. The van der Waals surface area contributed by atoms with Gasteiger partial charge < -0.3 is 21.5 Å². The van der Waals surface area contributed by atoms with Crippen molar-refractivity contribution in [3.8, 4) is 0 Å². The molecular weight excluding hydrogens is 252 g/mol. The SMILES string of the molecule is CC(C)CCC(=O)NC(=O)N[C@H](C)C(O)NC(N)=O. The van der Waals surface area contributed by atoms with E-state index in [1.165, 1.54) is 6.92 Å². The van der Waals surface area contributed by atoms with Crippen LogP contribution in [0.3, 0.4) is 0 Å². The van der Waals surface area contributed by atoms with Crippen molar-refractivity contribution in [1.82, 2.24) is 16.0 Å². The summed E-state index contributed by atoms with van der Waals surface area (Å²) in [7, 11) is 0. The molecule has 1 unspecified atom stereocenters. The highest BCUT2D eigenvalue weighted by molar-refractivity contribution is 5.94. The van der Waals surface area contributed by atoms with E-state index < -0.39 is 30.2 Å². The second-order valence-corrected chi connectivity index (χ2v) is 4.70. The normalized spacial score (nSPS) is 13.5. The van der Waals surface area contributed by atoms with Crippen LogP contribution in [0.15, 0.2) is 0 Å². The van der Waals surface area contributed by atoms with E-state index in [0.29, 0.717) is 12.3 Å². The number of hydrogen-bond acceptors (Lipinski definition) is 4. The van der Waals surface area contributed by atoms with Crippen LogP contribution < -0.4 is 21.7 Å². The van der Waals surface area contributed by atoms with E-state index >= 15 is 0 Å². The van der Waals surface area contributed by atoms with Gasteiger partial charge in [-0.1, -0.05) is 13.8 Å². The molecule has 0 rings (SSSR count). The van der Waals surface area contributed by atoms with Crippen LogP contribution in [-0.4, -0.2) is 35.3 Å². The van der Waals surface area contributed by atoms with Crippen LogP contribution in [0.1, 0.15) is 33.6 Å². The Morgan fingerprint density at radius 2 is 1.74 bits per heavy atom. The first kappa shape index (κ1) is 17.2. The molecule has 0 aliphatic heterocycles. The lowest BCUT2D eigenvalue weighted by Crippen LogP contribution is -2.54. The van der Waals surface area contributed by atoms with Gasteiger partial charge >= 0.3 is 12.1 Å². The van der Waals surface area contributed by atoms with Crippen LogP contribution >= 0.6 is 0 Å². The van der Waals surface area contributed by atoms with Crippen molar-refractivity contribution in [2.24, 2.45) is 11.7 Å². The summed E-state index contributed by atoms with van der Waals surface area (Å²) in [4.78, 5) is 33.3. The summed E-state index contributed by atoms with van der Waals surface area (Å²) in [6, 6.07) is -2.42. The van der Waals surface area contributed by atoms with E-state index in [2.05, 4.69) is 10.6 Å². The molecule has 110 valence electrons. The first-order chi connectivity index (χ1) is 8.72. The van der Waals surface area contributed by atoms with Gasteiger partial charge in [0.05, 0.1) is 6.04 Å². The Morgan fingerprint density at radius 1 is 1.16 bits per heavy atom. The van der Waals surface area contributed by atoms with Gasteiger partial charge in [-0.25, -0.2) is 9.59 Å². The molecule has 0 heterocycles. The molecule has 5 amide bonds. The molecule has 0 saturated carbocycles. The Balaban J connectivity index is 4.02. The van der Waals surface area contributed by atoms with Crippen LogP contribution in [0.5, 0.6) is 0 Å². The van der Waals surface area contributed by atoms with Crippen LogP contribution in [0.2, 0.25) is 0 Å². The quantitative estimate of drug-likeness (QED) is 0.422. The lowest BCUT2D eigenvalue weighted by Gasteiger charge is -2.20. The van der Waals surface area contributed by atoms with Gasteiger partial charge in [0.15, 0.2) is 0 Å². The number of carbonyl (C=O) groups excluding carboxylic acids is 3. The highest BCUT2D eigenvalue weighted by atomic mass is 16.3. The van der Waals surface area contributed by atoms with Gasteiger partial charge in [-0.05, 0) is 19.3 Å². The van der Waals surface area contributed by atoms with E-state index in [0.717, 1.165) is 0 Å². The van der Waals surface area contributed by atoms with Crippen LogP contribution in [0, 0.1) is 5.92 Å². The summed E-state index contributed by atoms with van der Waals surface area (Å²) >= 11 is 0. The zero-order valence-electron chi connectivity index (χ0n) is 11.4. The maximum absolute atomic E-state index is 11.4. The predicted molar refractivity (Wildman–Crippen MR) is 68.9 cm³/mol. The molecule has 0 radical (unpaired) electrons. The lowest BCUT2D eigenvalue weighted by atomic mass is 10.1. The molecule has 2 atom stereocenters. The Hall–Kier alpha value is -1.83. The molecule has 19 heavy (non-hydrogen) atoms. The van der Waals surface area contributed by atoms with Crippen LogP contribution in [0.4, 0.5) is 9.59 Å². The number of amides is 5. The minimum absolute atomic E-state index is 0.252. The topological polar surface area (TPSA) is 134 Å². The van der Waals surface area contributed by atoms with Gasteiger partial charge in [0.25, 0.3) is 0 Å². The average Bonchev–Trinajstić information content (AvgIpc) is 2.24. The molecular formula is C11H22N4O4. The van der Waals surface area contributed by atoms with Gasteiger partial charge in [0, 0.05) is 6.42 Å². The van der Waals surface area contributed by atoms with E-state index in [9.17, 15) is 19.5 Å². The number of carbonyl (C=O) groups is 3. The van der Waals surface area contributed by atoms with E-state index in [1.807, 2.05) is 19.2 Å².